The van der Waals surface area contributed by atoms with Crippen molar-refractivity contribution in [2.45, 2.75) is 24.3 Å². The lowest BCUT2D eigenvalue weighted by Crippen LogP contribution is -2.27. The first-order valence-corrected chi connectivity index (χ1v) is 6.16. The number of hydrogen-bond acceptors (Lipinski definition) is 3. The van der Waals surface area contributed by atoms with Gasteiger partial charge in [-0.1, -0.05) is 25.1 Å². The summed E-state index contributed by atoms with van der Waals surface area (Å²) in [5.74, 6) is 0.981. The zero-order chi connectivity index (χ0) is 10.9. The van der Waals surface area contributed by atoms with Crippen molar-refractivity contribution in [1.82, 2.24) is 5.32 Å². The molecule has 0 heterocycles. The predicted octanol–water partition coefficient (Wildman–Crippen LogP) is 2.67. The molecule has 2 nitrogen and oxygen atoms in total. The van der Waals surface area contributed by atoms with E-state index >= 15 is 0 Å². The molecule has 0 bridgehead atoms. The van der Waals surface area contributed by atoms with Gasteiger partial charge in [0.25, 0.3) is 0 Å². The molecule has 0 aliphatic rings. The first-order chi connectivity index (χ1) is 7.36. The Balaban J connectivity index is 2.24. The zero-order valence-electron chi connectivity index (χ0n) is 8.94. The van der Waals surface area contributed by atoms with Gasteiger partial charge in [0.05, 0.1) is 12.1 Å². The molecule has 0 radical (unpaired) electrons. The van der Waals surface area contributed by atoms with Crippen molar-refractivity contribution in [2.75, 3.05) is 12.3 Å². The average molecular weight is 220 g/mol. The average Bonchev–Trinajstić information content (AvgIpc) is 2.29. The second kappa shape index (κ2) is 7.33. The number of hydrogen-bond donors (Lipinski definition) is 1. The standard InChI is InChI=1S/C12H16N2S/c1-2-14-11(10-13)8-9-15-12-6-4-3-5-7-12/h3-7,11,14H,2,8-9H2,1H3. The van der Waals surface area contributed by atoms with E-state index in [0.29, 0.717) is 0 Å². The Bertz CT molecular complexity index is 305. The molecule has 1 unspecified atom stereocenters. The Labute approximate surface area is 95.7 Å². The van der Waals surface area contributed by atoms with E-state index in [1.54, 1.807) is 11.8 Å². The van der Waals surface area contributed by atoms with Crippen LogP contribution in [0, 0.1) is 11.3 Å². The van der Waals surface area contributed by atoms with Crippen LogP contribution in [0.4, 0.5) is 0 Å². The molecule has 80 valence electrons. The first kappa shape index (κ1) is 12.1. The molecule has 0 amide bonds. The molecule has 1 aromatic carbocycles. The van der Waals surface area contributed by atoms with Crippen LogP contribution in [-0.2, 0) is 0 Å². The summed E-state index contributed by atoms with van der Waals surface area (Å²) < 4.78 is 0. The second-order valence-corrected chi connectivity index (χ2v) is 4.36. The van der Waals surface area contributed by atoms with E-state index in [1.165, 1.54) is 4.90 Å². The largest absolute Gasteiger partial charge is 0.302 e. The summed E-state index contributed by atoms with van der Waals surface area (Å²) in [5.41, 5.74) is 0. The Kier molecular flexibility index (Phi) is 5.91. The minimum atomic E-state index is -0.00814. The van der Waals surface area contributed by atoms with E-state index in [1.807, 2.05) is 25.1 Å². The van der Waals surface area contributed by atoms with Gasteiger partial charge in [-0.2, -0.15) is 5.26 Å². The Hall–Kier alpha value is -0.980. The van der Waals surface area contributed by atoms with Gasteiger partial charge in [0.1, 0.15) is 0 Å². The van der Waals surface area contributed by atoms with Crippen LogP contribution in [0.15, 0.2) is 35.2 Å². The highest BCUT2D eigenvalue weighted by atomic mass is 32.2. The predicted molar refractivity (Wildman–Crippen MR) is 64.9 cm³/mol. The van der Waals surface area contributed by atoms with Crippen molar-refractivity contribution in [3.63, 3.8) is 0 Å². The SMILES string of the molecule is CCNC(C#N)CCSc1ccccc1. The number of thioether (sulfide) groups is 1. The van der Waals surface area contributed by atoms with E-state index in [4.69, 9.17) is 5.26 Å². The van der Waals surface area contributed by atoms with Crippen LogP contribution in [-0.4, -0.2) is 18.3 Å². The molecule has 1 atom stereocenters. The molecular weight excluding hydrogens is 204 g/mol. The highest BCUT2D eigenvalue weighted by molar-refractivity contribution is 7.99. The summed E-state index contributed by atoms with van der Waals surface area (Å²) in [6.45, 7) is 2.88. The van der Waals surface area contributed by atoms with E-state index in [-0.39, 0.29) is 6.04 Å². The smallest absolute Gasteiger partial charge is 0.0960 e. The molecule has 1 aromatic rings. The second-order valence-electron chi connectivity index (χ2n) is 3.19. The van der Waals surface area contributed by atoms with Gasteiger partial charge in [-0.3, -0.25) is 0 Å². The van der Waals surface area contributed by atoms with Gasteiger partial charge in [-0.15, -0.1) is 11.8 Å². The number of rotatable bonds is 6. The van der Waals surface area contributed by atoms with Gasteiger partial charge in [0.2, 0.25) is 0 Å². The fourth-order valence-corrected chi connectivity index (χ4v) is 2.21. The molecule has 0 fully saturated rings. The molecule has 15 heavy (non-hydrogen) atoms. The number of nitrogens with zero attached hydrogens (tertiary/aromatic N) is 1. The fourth-order valence-electron chi connectivity index (χ4n) is 1.27. The minimum absolute atomic E-state index is 0.00814. The van der Waals surface area contributed by atoms with Crippen LogP contribution >= 0.6 is 11.8 Å². The molecule has 3 heteroatoms. The van der Waals surface area contributed by atoms with Crippen LogP contribution in [0.3, 0.4) is 0 Å². The summed E-state index contributed by atoms with van der Waals surface area (Å²) >= 11 is 1.80. The molecule has 0 saturated carbocycles. The third kappa shape index (κ3) is 4.87. The Morgan fingerprint density at radius 3 is 2.73 bits per heavy atom. The van der Waals surface area contributed by atoms with Gasteiger partial charge < -0.3 is 5.32 Å². The van der Waals surface area contributed by atoms with Gasteiger partial charge >= 0.3 is 0 Å². The number of benzene rings is 1. The van der Waals surface area contributed by atoms with Gasteiger partial charge in [0, 0.05) is 10.6 Å². The third-order valence-corrected chi connectivity index (χ3v) is 3.07. The summed E-state index contributed by atoms with van der Waals surface area (Å²) in [6, 6.07) is 12.5. The molecule has 0 saturated heterocycles. The normalized spacial score (nSPS) is 12.0. The van der Waals surface area contributed by atoms with Crippen molar-refractivity contribution in [3.8, 4) is 6.07 Å². The van der Waals surface area contributed by atoms with Crippen molar-refractivity contribution < 1.29 is 0 Å². The molecule has 1 rings (SSSR count). The zero-order valence-corrected chi connectivity index (χ0v) is 9.76. The van der Waals surface area contributed by atoms with Crippen molar-refractivity contribution in [2.24, 2.45) is 0 Å². The maximum Gasteiger partial charge on any atom is 0.0960 e. The van der Waals surface area contributed by atoms with Gasteiger partial charge in [-0.05, 0) is 25.1 Å². The lowest BCUT2D eigenvalue weighted by atomic mass is 10.2. The lowest BCUT2D eigenvalue weighted by molar-refractivity contribution is 0.613. The monoisotopic (exact) mass is 220 g/mol. The van der Waals surface area contributed by atoms with Crippen LogP contribution in [0.25, 0.3) is 0 Å². The maximum atomic E-state index is 8.83. The number of nitriles is 1. The van der Waals surface area contributed by atoms with E-state index < -0.39 is 0 Å². The molecular formula is C12H16N2S. The fraction of sp³-hybridized carbons (Fsp3) is 0.417. The lowest BCUT2D eigenvalue weighted by Gasteiger charge is -2.08. The van der Waals surface area contributed by atoms with E-state index in [0.717, 1.165) is 18.7 Å². The third-order valence-electron chi connectivity index (χ3n) is 2.02. The van der Waals surface area contributed by atoms with E-state index in [9.17, 15) is 0 Å². The first-order valence-electron chi connectivity index (χ1n) is 5.17. The maximum absolute atomic E-state index is 8.83. The summed E-state index contributed by atoms with van der Waals surface area (Å²) in [4.78, 5) is 1.27. The molecule has 0 spiro atoms. The van der Waals surface area contributed by atoms with Crippen molar-refractivity contribution in [3.05, 3.63) is 30.3 Å². The molecule has 1 N–H and O–H groups in total. The number of nitrogens with one attached hydrogen (secondary N) is 1. The molecule has 0 aliphatic carbocycles. The molecule has 0 aliphatic heterocycles. The Morgan fingerprint density at radius 1 is 1.40 bits per heavy atom. The highest BCUT2D eigenvalue weighted by Crippen LogP contribution is 2.18. The van der Waals surface area contributed by atoms with Crippen LogP contribution in [0.1, 0.15) is 13.3 Å². The summed E-state index contributed by atoms with van der Waals surface area (Å²) in [7, 11) is 0. The summed E-state index contributed by atoms with van der Waals surface area (Å²) in [5, 5.41) is 12.0. The van der Waals surface area contributed by atoms with Crippen LogP contribution in [0.2, 0.25) is 0 Å². The van der Waals surface area contributed by atoms with Crippen molar-refractivity contribution >= 4 is 11.8 Å². The van der Waals surface area contributed by atoms with Gasteiger partial charge in [0.15, 0.2) is 0 Å². The summed E-state index contributed by atoms with van der Waals surface area (Å²) in [6.07, 6.45) is 0.893. The van der Waals surface area contributed by atoms with Crippen LogP contribution < -0.4 is 5.32 Å². The highest BCUT2D eigenvalue weighted by Gasteiger charge is 2.04. The Morgan fingerprint density at radius 2 is 2.13 bits per heavy atom. The van der Waals surface area contributed by atoms with Gasteiger partial charge in [-0.25, -0.2) is 0 Å². The topological polar surface area (TPSA) is 35.8 Å². The quantitative estimate of drug-likeness (QED) is 0.749. The van der Waals surface area contributed by atoms with E-state index in [2.05, 4.69) is 23.5 Å². The molecule has 0 aromatic heterocycles. The van der Waals surface area contributed by atoms with Crippen LogP contribution in [0.5, 0.6) is 0 Å². The van der Waals surface area contributed by atoms with Crippen molar-refractivity contribution in [1.29, 1.82) is 5.26 Å². The minimum Gasteiger partial charge on any atom is -0.302 e.